The van der Waals surface area contributed by atoms with E-state index in [4.69, 9.17) is 4.52 Å². The van der Waals surface area contributed by atoms with Crippen LogP contribution >= 0.6 is 7.82 Å². The van der Waals surface area contributed by atoms with E-state index in [2.05, 4.69) is 11.4 Å². The number of aryl methyl sites for hydroxylation is 1. The van der Waals surface area contributed by atoms with E-state index in [1.807, 2.05) is 12.1 Å². The minimum Gasteiger partial charge on any atom is -0.404 e. The minimum atomic E-state index is -3.95. The summed E-state index contributed by atoms with van der Waals surface area (Å²) in [6, 6.07) is 7.29. The second-order valence-electron chi connectivity index (χ2n) is 5.61. The maximum Gasteiger partial charge on any atom is 0.527 e. The second-order valence-corrected chi connectivity index (χ2v) is 7.10. The molecule has 126 valence electrons. The van der Waals surface area contributed by atoms with Gasteiger partial charge in [-0.25, -0.2) is 4.57 Å². The molecule has 0 saturated heterocycles. The Labute approximate surface area is 134 Å². The predicted octanol–water partition coefficient (Wildman–Crippen LogP) is 5.50. The average molecular weight is 328 g/mol. The molecule has 1 N–H and O–H groups in total. The van der Waals surface area contributed by atoms with E-state index in [1.165, 1.54) is 56.9 Å². The van der Waals surface area contributed by atoms with Crippen molar-refractivity contribution >= 4 is 7.82 Å². The summed E-state index contributed by atoms with van der Waals surface area (Å²) < 4.78 is 20.6. The van der Waals surface area contributed by atoms with E-state index in [-0.39, 0.29) is 0 Å². The topological polar surface area (TPSA) is 55.8 Å². The quantitative estimate of drug-likeness (QED) is 0.407. The molecule has 0 heterocycles. The number of rotatable bonds is 12. The van der Waals surface area contributed by atoms with E-state index in [1.54, 1.807) is 12.1 Å². The number of benzene rings is 1. The van der Waals surface area contributed by atoms with Gasteiger partial charge in [0, 0.05) is 7.11 Å². The first-order chi connectivity index (χ1) is 10.6. The Kier molecular flexibility index (Phi) is 9.45. The summed E-state index contributed by atoms with van der Waals surface area (Å²) in [4.78, 5) is 9.23. The molecule has 0 spiro atoms. The summed E-state index contributed by atoms with van der Waals surface area (Å²) in [5.41, 5.74) is 1.23. The summed E-state index contributed by atoms with van der Waals surface area (Å²) >= 11 is 0. The zero-order valence-electron chi connectivity index (χ0n) is 13.8. The van der Waals surface area contributed by atoms with Gasteiger partial charge in [0.1, 0.15) is 5.75 Å². The lowest BCUT2D eigenvalue weighted by Crippen LogP contribution is -1.94. The molecule has 0 amide bonds. The van der Waals surface area contributed by atoms with Crippen molar-refractivity contribution in [1.29, 1.82) is 0 Å². The number of hydrogen-bond acceptors (Lipinski definition) is 3. The third kappa shape index (κ3) is 8.57. The molecule has 1 unspecified atom stereocenters. The Morgan fingerprint density at radius 2 is 1.50 bits per heavy atom. The summed E-state index contributed by atoms with van der Waals surface area (Å²) in [6.45, 7) is 2.24. The van der Waals surface area contributed by atoms with Gasteiger partial charge in [0.25, 0.3) is 0 Å². The zero-order chi connectivity index (χ0) is 16.3. The highest BCUT2D eigenvalue weighted by molar-refractivity contribution is 7.47. The summed E-state index contributed by atoms with van der Waals surface area (Å²) in [5.74, 6) is 0.354. The van der Waals surface area contributed by atoms with Gasteiger partial charge in [-0.2, -0.15) is 0 Å². The normalized spacial score (nSPS) is 13.8. The van der Waals surface area contributed by atoms with Crippen LogP contribution in [0.3, 0.4) is 0 Å². The Morgan fingerprint density at radius 3 is 2.05 bits per heavy atom. The molecule has 1 aromatic rings. The van der Waals surface area contributed by atoms with Crippen molar-refractivity contribution in [3.05, 3.63) is 29.8 Å². The largest absolute Gasteiger partial charge is 0.527 e. The maximum atomic E-state index is 11.3. The molecule has 0 aromatic heterocycles. The van der Waals surface area contributed by atoms with Crippen molar-refractivity contribution in [2.45, 2.75) is 64.7 Å². The van der Waals surface area contributed by atoms with Gasteiger partial charge < -0.3 is 4.52 Å². The van der Waals surface area contributed by atoms with Gasteiger partial charge >= 0.3 is 7.82 Å². The first-order valence-corrected chi connectivity index (χ1v) is 9.74. The third-order valence-corrected chi connectivity index (χ3v) is 4.60. The zero-order valence-corrected chi connectivity index (χ0v) is 14.7. The monoisotopic (exact) mass is 328 g/mol. The Bertz CT molecular complexity index is 444. The fraction of sp³-hybridized carbons (Fsp3) is 0.647. The SMILES string of the molecule is CCCCCCCCCCc1ccc(OP(=O)(O)OC)cc1. The van der Waals surface area contributed by atoms with Crippen LogP contribution in [0.25, 0.3) is 0 Å². The lowest BCUT2D eigenvalue weighted by Gasteiger charge is -2.10. The maximum absolute atomic E-state index is 11.3. The number of unbranched alkanes of at least 4 members (excludes halogenated alkanes) is 7. The minimum absolute atomic E-state index is 0.354. The summed E-state index contributed by atoms with van der Waals surface area (Å²) in [7, 11) is -2.80. The fourth-order valence-electron chi connectivity index (χ4n) is 2.35. The standard InChI is InChI=1S/C17H29O4P/c1-3-4-5-6-7-8-9-10-11-16-12-14-17(15-13-16)21-22(18,19)20-2/h12-15H,3-11H2,1-2H3,(H,18,19). The van der Waals surface area contributed by atoms with Crippen LogP contribution in [-0.2, 0) is 15.5 Å². The Balaban J connectivity index is 2.18. The van der Waals surface area contributed by atoms with E-state index in [9.17, 15) is 9.46 Å². The molecule has 5 heteroatoms. The lowest BCUT2D eigenvalue weighted by atomic mass is 10.0. The van der Waals surface area contributed by atoms with Crippen LogP contribution in [0.4, 0.5) is 0 Å². The smallest absolute Gasteiger partial charge is 0.404 e. The van der Waals surface area contributed by atoms with Crippen LogP contribution in [0.15, 0.2) is 24.3 Å². The van der Waals surface area contributed by atoms with Crippen molar-refractivity contribution in [1.82, 2.24) is 0 Å². The molecule has 0 aliphatic carbocycles. The fourth-order valence-corrected chi connectivity index (χ4v) is 2.81. The molecule has 0 fully saturated rings. The van der Waals surface area contributed by atoms with Crippen LogP contribution in [-0.4, -0.2) is 12.0 Å². The Morgan fingerprint density at radius 1 is 0.955 bits per heavy atom. The average Bonchev–Trinajstić information content (AvgIpc) is 2.51. The summed E-state index contributed by atoms with van der Waals surface area (Å²) in [6.07, 6.45) is 11.5. The highest BCUT2D eigenvalue weighted by Gasteiger charge is 2.19. The first kappa shape index (κ1) is 19.2. The third-order valence-electron chi connectivity index (χ3n) is 3.69. The second kappa shape index (κ2) is 10.8. The van der Waals surface area contributed by atoms with Crippen molar-refractivity contribution in [2.24, 2.45) is 0 Å². The van der Waals surface area contributed by atoms with Crippen molar-refractivity contribution in [3.63, 3.8) is 0 Å². The van der Waals surface area contributed by atoms with Gasteiger partial charge in [-0.1, -0.05) is 64.0 Å². The first-order valence-electron chi connectivity index (χ1n) is 8.24. The molecular weight excluding hydrogens is 299 g/mol. The van der Waals surface area contributed by atoms with Gasteiger partial charge in [0.05, 0.1) is 0 Å². The van der Waals surface area contributed by atoms with Crippen LogP contribution in [0.2, 0.25) is 0 Å². The highest BCUT2D eigenvalue weighted by atomic mass is 31.2. The van der Waals surface area contributed by atoms with Gasteiger partial charge in [-0.15, -0.1) is 0 Å². The van der Waals surface area contributed by atoms with Crippen LogP contribution in [0.1, 0.15) is 63.9 Å². The van der Waals surface area contributed by atoms with Gasteiger partial charge in [0.2, 0.25) is 0 Å². The molecule has 0 aliphatic rings. The van der Waals surface area contributed by atoms with E-state index >= 15 is 0 Å². The van der Waals surface area contributed by atoms with E-state index in [0.29, 0.717) is 5.75 Å². The van der Waals surface area contributed by atoms with Crippen LogP contribution in [0.5, 0.6) is 5.75 Å². The number of hydrogen-bond donors (Lipinski definition) is 1. The Hall–Kier alpha value is -0.830. The van der Waals surface area contributed by atoms with Gasteiger partial charge in [0.15, 0.2) is 0 Å². The highest BCUT2D eigenvalue weighted by Crippen LogP contribution is 2.42. The molecule has 0 bridgehead atoms. The van der Waals surface area contributed by atoms with Gasteiger partial charge in [-0.3, -0.25) is 9.42 Å². The molecule has 0 aliphatic heterocycles. The van der Waals surface area contributed by atoms with Crippen molar-refractivity contribution in [2.75, 3.05) is 7.11 Å². The van der Waals surface area contributed by atoms with E-state index < -0.39 is 7.82 Å². The summed E-state index contributed by atoms with van der Waals surface area (Å²) in [5, 5.41) is 0. The molecule has 0 radical (unpaired) electrons. The van der Waals surface area contributed by atoms with Crippen molar-refractivity contribution < 1.29 is 18.5 Å². The lowest BCUT2D eigenvalue weighted by molar-refractivity contribution is 0.242. The molecule has 1 atom stereocenters. The molecule has 22 heavy (non-hydrogen) atoms. The van der Waals surface area contributed by atoms with E-state index in [0.717, 1.165) is 13.5 Å². The van der Waals surface area contributed by atoms with Crippen LogP contribution in [0, 0.1) is 0 Å². The van der Waals surface area contributed by atoms with Crippen LogP contribution < -0.4 is 4.52 Å². The molecule has 1 rings (SSSR count). The predicted molar refractivity (Wildman–Crippen MR) is 90.2 cm³/mol. The number of phosphoric ester groups is 1. The van der Waals surface area contributed by atoms with Crippen molar-refractivity contribution in [3.8, 4) is 5.75 Å². The molecule has 4 nitrogen and oxygen atoms in total. The molecule has 0 saturated carbocycles. The number of phosphoric acid groups is 1. The molecule has 1 aromatic carbocycles. The van der Waals surface area contributed by atoms with Gasteiger partial charge in [-0.05, 0) is 30.5 Å². The molecular formula is C17H29O4P.